The Hall–Kier alpha value is -1.41. The topological polar surface area (TPSA) is 95.2 Å². The third-order valence-electron chi connectivity index (χ3n) is 4.75. The first-order chi connectivity index (χ1) is 11.0. The van der Waals surface area contributed by atoms with E-state index < -0.39 is 16.1 Å². The molecule has 0 radical (unpaired) electrons. The lowest BCUT2D eigenvalue weighted by molar-refractivity contribution is -0.124. The first-order valence-electron chi connectivity index (χ1n) is 8.26. The van der Waals surface area contributed by atoms with Crippen LogP contribution in [0.4, 0.5) is 0 Å². The summed E-state index contributed by atoms with van der Waals surface area (Å²) in [6.07, 6.45) is 8.02. The highest BCUT2D eigenvalue weighted by molar-refractivity contribution is 7.88. The molecule has 3 rings (SSSR count). The van der Waals surface area contributed by atoms with Crippen molar-refractivity contribution in [1.29, 1.82) is 0 Å². The van der Waals surface area contributed by atoms with Gasteiger partial charge in [-0.1, -0.05) is 6.42 Å². The number of sulfonamides is 1. The van der Waals surface area contributed by atoms with Gasteiger partial charge in [0.15, 0.2) is 0 Å². The summed E-state index contributed by atoms with van der Waals surface area (Å²) in [5.41, 5.74) is 3.30. The third-order valence-corrected chi connectivity index (χ3v) is 6.04. The van der Waals surface area contributed by atoms with E-state index in [0.717, 1.165) is 37.6 Å². The summed E-state index contributed by atoms with van der Waals surface area (Å²) in [5.74, 6) is -0.224. The van der Waals surface area contributed by atoms with E-state index in [0.29, 0.717) is 19.5 Å². The van der Waals surface area contributed by atoms with Gasteiger partial charge < -0.3 is 5.32 Å². The van der Waals surface area contributed by atoms with Gasteiger partial charge in [-0.25, -0.2) is 8.42 Å². The molecule has 0 aromatic carbocycles. The molecule has 23 heavy (non-hydrogen) atoms. The highest BCUT2D eigenvalue weighted by Crippen LogP contribution is 2.23. The van der Waals surface area contributed by atoms with Crippen molar-refractivity contribution in [2.75, 3.05) is 12.8 Å². The van der Waals surface area contributed by atoms with Crippen LogP contribution in [0.25, 0.3) is 0 Å². The molecule has 1 amide bonds. The molecule has 8 heteroatoms. The fourth-order valence-electron chi connectivity index (χ4n) is 3.56. The van der Waals surface area contributed by atoms with E-state index in [1.54, 1.807) is 0 Å². The van der Waals surface area contributed by atoms with E-state index in [1.807, 2.05) is 0 Å². The van der Waals surface area contributed by atoms with E-state index in [2.05, 4.69) is 15.5 Å². The molecule has 1 aliphatic heterocycles. The summed E-state index contributed by atoms with van der Waals surface area (Å²) in [6, 6.07) is -0.581. The van der Waals surface area contributed by atoms with Crippen LogP contribution in [-0.2, 0) is 34.2 Å². The number of hydrogen-bond acceptors (Lipinski definition) is 4. The maximum atomic E-state index is 12.4. The van der Waals surface area contributed by atoms with Crippen LogP contribution in [0.15, 0.2) is 0 Å². The van der Waals surface area contributed by atoms with Gasteiger partial charge in [-0.3, -0.25) is 9.89 Å². The number of fused-ring (bicyclic) bond motifs is 1. The molecule has 0 bridgehead atoms. The normalized spacial score (nSPS) is 22.6. The minimum absolute atomic E-state index is 0.224. The van der Waals surface area contributed by atoms with E-state index in [4.69, 9.17) is 0 Å². The number of rotatable bonds is 4. The number of aromatic nitrogens is 2. The number of carbonyl (C=O) groups excluding carboxylic acids is 1. The van der Waals surface area contributed by atoms with Crippen molar-refractivity contribution < 1.29 is 13.2 Å². The van der Waals surface area contributed by atoms with Gasteiger partial charge in [0.1, 0.15) is 6.04 Å². The van der Waals surface area contributed by atoms with Gasteiger partial charge in [0, 0.05) is 12.2 Å². The van der Waals surface area contributed by atoms with Gasteiger partial charge in [0.2, 0.25) is 15.9 Å². The maximum absolute atomic E-state index is 12.4. The molecule has 1 atom stereocenters. The van der Waals surface area contributed by atoms with Crippen molar-refractivity contribution in [1.82, 2.24) is 19.8 Å². The summed E-state index contributed by atoms with van der Waals surface area (Å²) < 4.78 is 24.8. The van der Waals surface area contributed by atoms with Crippen molar-refractivity contribution in [3.8, 4) is 0 Å². The van der Waals surface area contributed by atoms with Gasteiger partial charge in [-0.05, 0) is 44.1 Å². The van der Waals surface area contributed by atoms with E-state index in [-0.39, 0.29) is 5.91 Å². The number of H-pyrrole nitrogens is 1. The van der Waals surface area contributed by atoms with Crippen LogP contribution in [0.3, 0.4) is 0 Å². The Morgan fingerprint density at radius 2 is 2.09 bits per heavy atom. The van der Waals surface area contributed by atoms with Crippen molar-refractivity contribution in [2.24, 2.45) is 0 Å². The minimum atomic E-state index is -3.34. The minimum Gasteiger partial charge on any atom is -0.349 e. The average Bonchev–Trinajstić information content (AvgIpc) is 3.07. The van der Waals surface area contributed by atoms with Crippen molar-refractivity contribution in [3.05, 3.63) is 17.0 Å². The van der Waals surface area contributed by atoms with Crippen LogP contribution < -0.4 is 5.32 Å². The van der Waals surface area contributed by atoms with Gasteiger partial charge in [0.05, 0.1) is 18.5 Å². The van der Waals surface area contributed by atoms with Crippen molar-refractivity contribution >= 4 is 15.9 Å². The molecule has 7 nitrogen and oxygen atoms in total. The first kappa shape index (κ1) is 16.4. The number of amides is 1. The lowest BCUT2D eigenvalue weighted by Crippen LogP contribution is -2.45. The largest absolute Gasteiger partial charge is 0.349 e. The summed E-state index contributed by atoms with van der Waals surface area (Å²) in [5, 5.41) is 10.3. The first-order valence-corrected chi connectivity index (χ1v) is 10.1. The zero-order valence-corrected chi connectivity index (χ0v) is 14.3. The Labute approximate surface area is 136 Å². The van der Waals surface area contributed by atoms with Crippen molar-refractivity contribution in [3.63, 3.8) is 0 Å². The molecule has 1 saturated heterocycles. The average molecular weight is 340 g/mol. The molecular weight excluding hydrogens is 316 g/mol. The van der Waals surface area contributed by atoms with E-state index in [1.165, 1.54) is 28.4 Å². The standard InChI is InChI=1S/C15H24N4O3S/c1-23(21,22)19-9-5-8-14(19)15(20)16-10-13-11-6-3-2-4-7-12(11)17-18-13/h14H,2-10H2,1H3,(H,16,20)(H,17,18)/t14-/m0/s1. The Morgan fingerprint density at radius 3 is 2.87 bits per heavy atom. The number of aryl methyl sites for hydroxylation is 1. The van der Waals surface area contributed by atoms with Crippen LogP contribution in [0, 0.1) is 0 Å². The zero-order chi connectivity index (χ0) is 16.4. The Bertz CT molecular complexity index is 683. The van der Waals surface area contributed by atoms with E-state index >= 15 is 0 Å². The lowest BCUT2D eigenvalue weighted by Gasteiger charge is -2.21. The molecule has 0 spiro atoms. The molecule has 2 N–H and O–H groups in total. The van der Waals surface area contributed by atoms with Gasteiger partial charge in [0.25, 0.3) is 0 Å². The molecule has 1 aromatic heterocycles. The predicted octanol–water partition coefficient (Wildman–Crippen LogP) is 0.719. The summed E-state index contributed by atoms with van der Waals surface area (Å²) >= 11 is 0. The van der Waals surface area contributed by atoms with Crippen LogP contribution in [0.5, 0.6) is 0 Å². The van der Waals surface area contributed by atoms with Crippen molar-refractivity contribution in [2.45, 2.75) is 57.5 Å². The SMILES string of the molecule is CS(=O)(=O)N1CCC[C@H]1C(=O)NCc1n[nH]c2c1CCCCC2. The maximum Gasteiger partial charge on any atom is 0.238 e. The lowest BCUT2D eigenvalue weighted by atomic mass is 10.1. The second kappa shape index (κ2) is 6.60. The molecule has 1 aromatic rings. The number of hydrogen-bond donors (Lipinski definition) is 2. The molecule has 2 aliphatic rings. The zero-order valence-electron chi connectivity index (χ0n) is 13.5. The third kappa shape index (κ3) is 3.58. The second-order valence-corrected chi connectivity index (χ2v) is 8.37. The van der Waals surface area contributed by atoms with Gasteiger partial charge in [-0.15, -0.1) is 0 Å². The number of nitrogens with zero attached hydrogens (tertiary/aromatic N) is 2. The Morgan fingerprint density at radius 1 is 1.30 bits per heavy atom. The molecule has 0 saturated carbocycles. The highest BCUT2D eigenvalue weighted by Gasteiger charge is 2.36. The van der Waals surface area contributed by atoms with Gasteiger partial charge in [-0.2, -0.15) is 9.40 Å². The molecular formula is C15H24N4O3S. The smallest absolute Gasteiger partial charge is 0.238 e. The molecule has 0 unspecified atom stereocenters. The summed E-state index contributed by atoms with van der Waals surface area (Å²) in [7, 11) is -3.34. The van der Waals surface area contributed by atoms with Crippen LogP contribution in [-0.4, -0.2) is 47.7 Å². The summed E-state index contributed by atoms with van der Waals surface area (Å²) in [6.45, 7) is 0.785. The number of carbonyl (C=O) groups is 1. The molecule has 1 fully saturated rings. The molecule has 2 heterocycles. The number of aromatic amines is 1. The fraction of sp³-hybridized carbons (Fsp3) is 0.733. The quantitative estimate of drug-likeness (QED) is 0.790. The molecule has 1 aliphatic carbocycles. The fourth-order valence-corrected chi connectivity index (χ4v) is 4.68. The highest BCUT2D eigenvalue weighted by atomic mass is 32.2. The van der Waals surface area contributed by atoms with Crippen LogP contribution in [0.1, 0.15) is 49.1 Å². The van der Waals surface area contributed by atoms with Crippen LogP contribution >= 0.6 is 0 Å². The predicted molar refractivity (Wildman–Crippen MR) is 86.3 cm³/mol. The van der Waals surface area contributed by atoms with Gasteiger partial charge >= 0.3 is 0 Å². The monoisotopic (exact) mass is 340 g/mol. The molecule has 128 valence electrons. The Balaban J connectivity index is 1.64. The second-order valence-electron chi connectivity index (χ2n) is 6.44. The summed E-state index contributed by atoms with van der Waals surface area (Å²) in [4.78, 5) is 12.4. The Kier molecular flexibility index (Phi) is 4.72. The van der Waals surface area contributed by atoms with Crippen LogP contribution in [0.2, 0.25) is 0 Å². The number of nitrogens with one attached hydrogen (secondary N) is 2. The van der Waals surface area contributed by atoms with E-state index in [9.17, 15) is 13.2 Å².